The first-order valence-corrected chi connectivity index (χ1v) is 12.8. The maximum absolute atomic E-state index is 12.9. The smallest absolute Gasteiger partial charge is 0.225 e. The molecule has 1 amide bonds. The molecule has 7 nitrogen and oxygen atoms in total. The summed E-state index contributed by atoms with van der Waals surface area (Å²) in [6.45, 7) is 3.80. The van der Waals surface area contributed by atoms with Gasteiger partial charge in [-0.25, -0.2) is 17.7 Å². The van der Waals surface area contributed by atoms with Gasteiger partial charge < -0.3 is 9.80 Å². The van der Waals surface area contributed by atoms with Crippen LogP contribution in [0.1, 0.15) is 12.8 Å². The average Bonchev–Trinajstić information content (AvgIpc) is 3.10. The highest BCUT2D eigenvalue weighted by atomic mass is 79.9. The molecule has 0 N–H and O–H groups in total. The van der Waals surface area contributed by atoms with E-state index in [4.69, 9.17) is 4.98 Å². The van der Waals surface area contributed by atoms with Gasteiger partial charge in [0.05, 0.1) is 16.5 Å². The molecule has 2 aliphatic rings. The van der Waals surface area contributed by atoms with Crippen molar-refractivity contribution >= 4 is 58.5 Å². The van der Waals surface area contributed by atoms with Crippen LogP contribution >= 0.6 is 27.3 Å². The number of nitrogens with zero attached hydrogens (tertiary/aromatic N) is 4. The zero-order valence-electron chi connectivity index (χ0n) is 15.7. The second kappa shape index (κ2) is 7.89. The first kappa shape index (κ1) is 20.1. The molecule has 3 heterocycles. The maximum atomic E-state index is 12.9. The van der Waals surface area contributed by atoms with Crippen LogP contribution in [0.25, 0.3) is 10.2 Å². The molecule has 0 unspecified atom stereocenters. The Balaban J connectivity index is 1.34. The normalized spacial score (nSPS) is 20.1. The highest BCUT2D eigenvalue weighted by Gasteiger charge is 2.33. The van der Waals surface area contributed by atoms with Crippen molar-refractivity contribution in [2.45, 2.75) is 12.8 Å². The number of fused-ring (bicyclic) bond motifs is 1. The molecule has 28 heavy (non-hydrogen) atoms. The molecule has 2 aromatic rings. The Kier molecular flexibility index (Phi) is 5.65. The first-order valence-electron chi connectivity index (χ1n) is 9.36. The Bertz CT molecular complexity index is 978. The standard InChI is InChI=1S/C18H23BrN4O3S2/c1-28(25,26)23-6-4-13(5-7-23)17(24)21-8-10-22(11-9-21)18-20-15-3-2-14(19)12-16(15)27-18/h2-3,12-13H,4-11H2,1H3. The zero-order chi connectivity index (χ0) is 19.9. The average molecular weight is 487 g/mol. The van der Waals surface area contributed by atoms with Crippen LogP contribution in [0.5, 0.6) is 0 Å². The van der Waals surface area contributed by atoms with Crippen LogP contribution < -0.4 is 4.90 Å². The van der Waals surface area contributed by atoms with E-state index in [1.807, 2.05) is 17.0 Å². The number of rotatable bonds is 3. The van der Waals surface area contributed by atoms with E-state index in [0.29, 0.717) is 39.0 Å². The van der Waals surface area contributed by atoms with Crippen molar-refractivity contribution in [2.24, 2.45) is 5.92 Å². The summed E-state index contributed by atoms with van der Waals surface area (Å²) in [6.07, 6.45) is 2.45. The fraction of sp³-hybridized carbons (Fsp3) is 0.556. The number of carbonyl (C=O) groups is 1. The molecule has 1 aromatic carbocycles. The molecule has 4 rings (SSSR count). The first-order chi connectivity index (χ1) is 13.3. The van der Waals surface area contributed by atoms with Crippen LogP contribution in [0.3, 0.4) is 0 Å². The van der Waals surface area contributed by atoms with E-state index >= 15 is 0 Å². The van der Waals surface area contributed by atoms with E-state index in [2.05, 4.69) is 26.9 Å². The number of amides is 1. The van der Waals surface area contributed by atoms with Crippen LogP contribution in [0, 0.1) is 5.92 Å². The highest BCUT2D eigenvalue weighted by Crippen LogP contribution is 2.31. The van der Waals surface area contributed by atoms with Crippen LogP contribution in [0.2, 0.25) is 0 Å². The van der Waals surface area contributed by atoms with Gasteiger partial charge in [0, 0.05) is 49.7 Å². The van der Waals surface area contributed by atoms with Crippen LogP contribution in [-0.2, 0) is 14.8 Å². The van der Waals surface area contributed by atoms with Gasteiger partial charge in [-0.2, -0.15) is 0 Å². The van der Waals surface area contributed by atoms with Gasteiger partial charge in [-0.15, -0.1) is 0 Å². The largest absolute Gasteiger partial charge is 0.345 e. The molecule has 2 saturated heterocycles. The fourth-order valence-electron chi connectivity index (χ4n) is 3.83. The van der Waals surface area contributed by atoms with E-state index < -0.39 is 10.0 Å². The topological polar surface area (TPSA) is 73.8 Å². The quantitative estimate of drug-likeness (QED) is 0.665. The van der Waals surface area contributed by atoms with Gasteiger partial charge in [-0.3, -0.25) is 4.79 Å². The van der Waals surface area contributed by atoms with Gasteiger partial charge in [0.1, 0.15) is 0 Å². The van der Waals surface area contributed by atoms with Crippen molar-refractivity contribution in [2.75, 3.05) is 50.4 Å². The third-order valence-electron chi connectivity index (χ3n) is 5.47. The second-order valence-corrected chi connectivity index (χ2v) is 11.3. The number of hydrogen-bond acceptors (Lipinski definition) is 6. The van der Waals surface area contributed by atoms with Crippen molar-refractivity contribution in [3.05, 3.63) is 22.7 Å². The molecule has 2 aliphatic heterocycles. The van der Waals surface area contributed by atoms with E-state index in [1.165, 1.54) is 10.6 Å². The summed E-state index contributed by atoms with van der Waals surface area (Å²) in [6, 6.07) is 6.10. The highest BCUT2D eigenvalue weighted by molar-refractivity contribution is 9.10. The van der Waals surface area contributed by atoms with Crippen molar-refractivity contribution < 1.29 is 13.2 Å². The summed E-state index contributed by atoms with van der Waals surface area (Å²) >= 11 is 5.18. The Morgan fingerprint density at radius 3 is 2.46 bits per heavy atom. The number of anilines is 1. The summed E-state index contributed by atoms with van der Waals surface area (Å²) < 4.78 is 26.9. The molecule has 0 atom stereocenters. The molecular weight excluding hydrogens is 464 g/mol. The molecule has 0 radical (unpaired) electrons. The lowest BCUT2D eigenvalue weighted by molar-refractivity contribution is -0.137. The number of benzene rings is 1. The number of sulfonamides is 1. The molecular formula is C18H23BrN4O3S2. The van der Waals surface area contributed by atoms with Gasteiger partial charge >= 0.3 is 0 Å². The molecule has 10 heteroatoms. The van der Waals surface area contributed by atoms with E-state index in [9.17, 15) is 13.2 Å². The van der Waals surface area contributed by atoms with E-state index in [1.54, 1.807) is 11.3 Å². The van der Waals surface area contributed by atoms with Crippen molar-refractivity contribution in [3.8, 4) is 0 Å². The van der Waals surface area contributed by atoms with Crippen LogP contribution in [0.15, 0.2) is 22.7 Å². The maximum Gasteiger partial charge on any atom is 0.225 e. The summed E-state index contributed by atoms with van der Waals surface area (Å²) in [5.41, 5.74) is 0.999. The molecule has 0 bridgehead atoms. The minimum absolute atomic E-state index is 0.0654. The number of halogens is 1. The monoisotopic (exact) mass is 486 g/mol. The van der Waals surface area contributed by atoms with Crippen molar-refractivity contribution in [3.63, 3.8) is 0 Å². The number of thiazole rings is 1. The third-order valence-corrected chi connectivity index (χ3v) is 8.35. The second-order valence-electron chi connectivity index (χ2n) is 7.36. The van der Waals surface area contributed by atoms with Crippen molar-refractivity contribution in [1.29, 1.82) is 0 Å². The Morgan fingerprint density at radius 1 is 1.14 bits per heavy atom. The molecule has 0 aliphatic carbocycles. The van der Waals surface area contributed by atoms with Crippen molar-refractivity contribution in [1.82, 2.24) is 14.2 Å². The summed E-state index contributed by atoms with van der Waals surface area (Å²) in [5.74, 6) is 0.102. The van der Waals surface area contributed by atoms with Gasteiger partial charge in [0.2, 0.25) is 15.9 Å². The summed E-state index contributed by atoms with van der Waals surface area (Å²) in [5, 5.41) is 1.00. The van der Waals surface area contributed by atoms with Crippen LogP contribution in [0.4, 0.5) is 5.13 Å². The Hall–Kier alpha value is -1.23. The van der Waals surface area contributed by atoms with E-state index in [0.717, 1.165) is 32.9 Å². The number of carbonyl (C=O) groups excluding carboxylic acids is 1. The molecule has 152 valence electrons. The number of piperidine rings is 1. The zero-order valence-corrected chi connectivity index (χ0v) is 18.9. The minimum Gasteiger partial charge on any atom is -0.345 e. The number of aromatic nitrogens is 1. The van der Waals surface area contributed by atoms with Crippen LogP contribution in [-0.4, -0.2) is 74.0 Å². The van der Waals surface area contributed by atoms with Gasteiger partial charge in [0.25, 0.3) is 0 Å². The molecule has 1 aromatic heterocycles. The fourth-order valence-corrected chi connectivity index (χ4v) is 6.28. The van der Waals surface area contributed by atoms with Gasteiger partial charge in [-0.1, -0.05) is 27.3 Å². The lowest BCUT2D eigenvalue weighted by Crippen LogP contribution is -2.52. The third kappa shape index (κ3) is 4.19. The predicted molar refractivity (Wildman–Crippen MR) is 115 cm³/mol. The number of piperazine rings is 1. The van der Waals surface area contributed by atoms with Gasteiger partial charge in [-0.05, 0) is 31.0 Å². The van der Waals surface area contributed by atoms with Gasteiger partial charge in [0.15, 0.2) is 5.13 Å². The molecule has 0 saturated carbocycles. The summed E-state index contributed by atoms with van der Waals surface area (Å²) in [4.78, 5) is 21.8. The Labute approximate surface area is 177 Å². The Morgan fingerprint density at radius 2 is 1.82 bits per heavy atom. The molecule has 0 spiro atoms. The minimum atomic E-state index is -3.16. The summed E-state index contributed by atoms with van der Waals surface area (Å²) in [7, 11) is -3.16. The van der Waals surface area contributed by atoms with E-state index in [-0.39, 0.29) is 11.8 Å². The SMILES string of the molecule is CS(=O)(=O)N1CCC(C(=O)N2CCN(c3nc4ccc(Br)cc4s3)CC2)CC1. The molecule has 2 fully saturated rings. The number of hydrogen-bond donors (Lipinski definition) is 0. The lowest BCUT2D eigenvalue weighted by Gasteiger charge is -2.38. The lowest BCUT2D eigenvalue weighted by atomic mass is 9.96. The predicted octanol–water partition coefficient (Wildman–Crippen LogP) is 2.38.